The molecule has 1 atom stereocenters. The molecule has 0 bridgehead atoms. The zero-order chi connectivity index (χ0) is 12.3. The third kappa shape index (κ3) is 2.78. The Morgan fingerprint density at radius 2 is 2.41 bits per heavy atom. The van der Waals surface area contributed by atoms with E-state index in [9.17, 15) is 0 Å². The van der Waals surface area contributed by atoms with Crippen LogP contribution >= 0.6 is 15.9 Å². The predicted octanol–water partition coefficient (Wildman–Crippen LogP) is 1.48. The fourth-order valence-electron chi connectivity index (χ4n) is 1.89. The van der Waals surface area contributed by atoms with Crippen LogP contribution in [0.5, 0.6) is 0 Å². The molecule has 2 rings (SSSR count). The molecule has 0 radical (unpaired) electrons. The first-order valence-corrected chi connectivity index (χ1v) is 6.30. The summed E-state index contributed by atoms with van der Waals surface area (Å²) in [6, 6.07) is 7.89. The SMILES string of the molecule is N#Cc1ccc(N2CCOC(CN)C2)cc1Br. The Morgan fingerprint density at radius 3 is 3.06 bits per heavy atom. The van der Waals surface area contributed by atoms with Gasteiger partial charge in [0.1, 0.15) is 6.07 Å². The second-order valence-corrected chi connectivity index (χ2v) is 4.80. The molecule has 1 aromatic rings. The molecule has 1 unspecified atom stereocenters. The number of hydrogen-bond donors (Lipinski definition) is 1. The van der Waals surface area contributed by atoms with Gasteiger partial charge in [0, 0.05) is 29.8 Å². The van der Waals surface area contributed by atoms with Gasteiger partial charge in [0.15, 0.2) is 0 Å². The lowest BCUT2D eigenvalue weighted by molar-refractivity contribution is 0.0466. The number of nitrogens with two attached hydrogens (primary N) is 1. The topological polar surface area (TPSA) is 62.3 Å². The van der Waals surface area contributed by atoms with E-state index in [1.807, 2.05) is 18.2 Å². The lowest BCUT2D eigenvalue weighted by atomic mass is 10.2. The van der Waals surface area contributed by atoms with Gasteiger partial charge in [0.25, 0.3) is 0 Å². The smallest absolute Gasteiger partial charge is 0.100 e. The van der Waals surface area contributed by atoms with E-state index in [1.54, 1.807) is 0 Å². The number of morpholine rings is 1. The maximum atomic E-state index is 8.87. The summed E-state index contributed by atoms with van der Waals surface area (Å²) in [5.74, 6) is 0. The Balaban J connectivity index is 2.17. The van der Waals surface area contributed by atoms with Crippen molar-refractivity contribution in [3.05, 3.63) is 28.2 Å². The standard InChI is InChI=1S/C12H14BrN3O/c13-12-5-10(2-1-9(12)6-14)16-3-4-17-11(7-15)8-16/h1-2,5,11H,3-4,7-8,15H2. The van der Waals surface area contributed by atoms with Crippen molar-refractivity contribution in [3.8, 4) is 6.07 Å². The molecule has 5 heteroatoms. The van der Waals surface area contributed by atoms with Crippen molar-refractivity contribution in [2.45, 2.75) is 6.10 Å². The van der Waals surface area contributed by atoms with Crippen LogP contribution in [-0.2, 0) is 4.74 Å². The monoisotopic (exact) mass is 295 g/mol. The summed E-state index contributed by atoms with van der Waals surface area (Å²) >= 11 is 3.40. The van der Waals surface area contributed by atoms with E-state index in [-0.39, 0.29) is 6.10 Å². The number of nitriles is 1. The Hall–Kier alpha value is -1.09. The highest BCUT2D eigenvalue weighted by molar-refractivity contribution is 9.10. The van der Waals surface area contributed by atoms with E-state index in [4.69, 9.17) is 15.7 Å². The molecule has 0 saturated carbocycles. The molecule has 1 aliphatic heterocycles. The zero-order valence-corrected chi connectivity index (χ0v) is 11.0. The normalized spacial score (nSPS) is 20.1. The van der Waals surface area contributed by atoms with Gasteiger partial charge in [-0.05, 0) is 34.1 Å². The maximum Gasteiger partial charge on any atom is 0.100 e. The fraction of sp³-hybridized carbons (Fsp3) is 0.417. The van der Waals surface area contributed by atoms with Gasteiger partial charge in [-0.3, -0.25) is 0 Å². The minimum atomic E-state index is 0.0955. The van der Waals surface area contributed by atoms with E-state index in [1.165, 1.54) is 0 Å². The van der Waals surface area contributed by atoms with Crippen molar-refractivity contribution in [1.29, 1.82) is 5.26 Å². The Labute approximate surface area is 109 Å². The van der Waals surface area contributed by atoms with Crippen LogP contribution in [0.25, 0.3) is 0 Å². The molecule has 90 valence electrons. The van der Waals surface area contributed by atoms with Crippen LogP contribution < -0.4 is 10.6 Å². The molecule has 2 N–H and O–H groups in total. The average molecular weight is 296 g/mol. The van der Waals surface area contributed by atoms with Crippen LogP contribution in [-0.4, -0.2) is 32.3 Å². The van der Waals surface area contributed by atoms with Gasteiger partial charge < -0.3 is 15.4 Å². The van der Waals surface area contributed by atoms with Crippen molar-refractivity contribution in [2.24, 2.45) is 5.73 Å². The first-order chi connectivity index (χ1) is 8.24. The van der Waals surface area contributed by atoms with Crippen LogP contribution in [0.4, 0.5) is 5.69 Å². The molecule has 0 aromatic heterocycles. The molecule has 1 fully saturated rings. The van der Waals surface area contributed by atoms with Crippen molar-refractivity contribution >= 4 is 21.6 Å². The number of halogens is 1. The molecule has 1 aromatic carbocycles. The lowest BCUT2D eigenvalue weighted by Crippen LogP contribution is -2.45. The molecule has 17 heavy (non-hydrogen) atoms. The Bertz CT molecular complexity index is 444. The maximum absolute atomic E-state index is 8.87. The molecular formula is C12H14BrN3O. The molecule has 4 nitrogen and oxygen atoms in total. The van der Waals surface area contributed by atoms with E-state index < -0.39 is 0 Å². The van der Waals surface area contributed by atoms with Gasteiger partial charge in [-0.15, -0.1) is 0 Å². The summed E-state index contributed by atoms with van der Waals surface area (Å²) in [5.41, 5.74) is 7.36. The van der Waals surface area contributed by atoms with Crippen LogP contribution in [0.3, 0.4) is 0 Å². The van der Waals surface area contributed by atoms with Crippen molar-refractivity contribution < 1.29 is 4.74 Å². The summed E-state index contributed by atoms with van der Waals surface area (Å²) in [4.78, 5) is 2.23. The van der Waals surface area contributed by atoms with E-state index >= 15 is 0 Å². The fourth-order valence-corrected chi connectivity index (χ4v) is 2.34. The summed E-state index contributed by atoms with van der Waals surface area (Å²) in [6.45, 7) is 2.89. The van der Waals surface area contributed by atoms with Gasteiger partial charge in [0.2, 0.25) is 0 Å². The highest BCUT2D eigenvalue weighted by Crippen LogP contribution is 2.25. The third-order valence-electron chi connectivity index (χ3n) is 2.84. The van der Waals surface area contributed by atoms with Gasteiger partial charge in [-0.2, -0.15) is 5.26 Å². The number of anilines is 1. The average Bonchev–Trinajstić information content (AvgIpc) is 2.38. The van der Waals surface area contributed by atoms with Crippen LogP contribution in [0.2, 0.25) is 0 Å². The molecule has 1 heterocycles. The Kier molecular flexibility index (Phi) is 4.00. The minimum absolute atomic E-state index is 0.0955. The van der Waals surface area contributed by atoms with Gasteiger partial charge in [0.05, 0.1) is 18.3 Å². The van der Waals surface area contributed by atoms with Crippen molar-refractivity contribution in [3.63, 3.8) is 0 Å². The quantitative estimate of drug-likeness (QED) is 0.898. The second kappa shape index (κ2) is 5.50. The first kappa shape index (κ1) is 12.4. The van der Waals surface area contributed by atoms with Crippen LogP contribution in [0, 0.1) is 11.3 Å². The molecule has 1 aliphatic rings. The zero-order valence-electron chi connectivity index (χ0n) is 9.40. The molecule has 0 amide bonds. The van der Waals surface area contributed by atoms with Crippen LogP contribution in [0.15, 0.2) is 22.7 Å². The van der Waals surface area contributed by atoms with E-state index in [0.29, 0.717) is 18.7 Å². The molecule has 0 aliphatic carbocycles. The third-order valence-corrected chi connectivity index (χ3v) is 3.50. The highest BCUT2D eigenvalue weighted by Gasteiger charge is 2.19. The molecular weight excluding hydrogens is 282 g/mol. The number of nitrogens with zero attached hydrogens (tertiary/aromatic N) is 2. The summed E-state index contributed by atoms with van der Waals surface area (Å²) in [6.07, 6.45) is 0.0955. The largest absolute Gasteiger partial charge is 0.373 e. The number of benzene rings is 1. The summed E-state index contributed by atoms with van der Waals surface area (Å²) in [5, 5.41) is 8.87. The van der Waals surface area contributed by atoms with Gasteiger partial charge >= 0.3 is 0 Å². The van der Waals surface area contributed by atoms with E-state index in [2.05, 4.69) is 26.9 Å². The van der Waals surface area contributed by atoms with Crippen molar-refractivity contribution in [1.82, 2.24) is 0 Å². The second-order valence-electron chi connectivity index (χ2n) is 3.95. The summed E-state index contributed by atoms with van der Waals surface area (Å²) < 4.78 is 6.35. The molecule has 1 saturated heterocycles. The summed E-state index contributed by atoms with van der Waals surface area (Å²) in [7, 11) is 0. The lowest BCUT2D eigenvalue weighted by Gasteiger charge is -2.34. The Morgan fingerprint density at radius 1 is 1.59 bits per heavy atom. The van der Waals surface area contributed by atoms with Gasteiger partial charge in [-0.1, -0.05) is 0 Å². The number of rotatable bonds is 2. The molecule has 0 spiro atoms. The van der Waals surface area contributed by atoms with Gasteiger partial charge in [-0.25, -0.2) is 0 Å². The first-order valence-electron chi connectivity index (χ1n) is 5.51. The number of ether oxygens (including phenoxy) is 1. The van der Waals surface area contributed by atoms with Crippen molar-refractivity contribution in [2.75, 3.05) is 31.1 Å². The number of hydrogen-bond acceptors (Lipinski definition) is 4. The predicted molar refractivity (Wildman–Crippen MR) is 69.9 cm³/mol. The highest BCUT2D eigenvalue weighted by atomic mass is 79.9. The minimum Gasteiger partial charge on any atom is -0.373 e. The van der Waals surface area contributed by atoms with E-state index in [0.717, 1.165) is 23.2 Å². The van der Waals surface area contributed by atoms with Crippen LogP contribution in [0.1, 0.15) is 5.56 Å².